The first kappa shape index (κ1) is 96.6. The van der Waals surface area contributed by atoms with Crippen LogP contribution in [-0.4, -0.2) is 38.0 Å². The van der Waals surface area contributed by atoms with E-state index in [0.29, 0.717) is 0 Å². The fraction of sp³-hybridized carbons (Fsp3) is 0.0635. The minimum Gasteiger partial charge on any atom is -0.339 e. The van der Waals surface area contributed by atoms with E-state index in [1.807, 2.05) is 145 Å². The maximum Gasteiger partial charge on any atom is 0.0639 e. The van der Waals surface area contributed by atoms with E-state index >= 15 is 0 Å². The van der Waals surface area contributed by atoms with Crippen LogP contribution in [0.15, 0.2) is 450 Å². The molecule has 0 atom stereocenters. The normalized spacial score (nSPS) is 11.0. The molecule has 0 aliphatic heterocycles. The van der Waals surface area contributed by atoms with Gasteiger partial charge < -0.3 is 28.1 Å². The molecule has 0 aliphatic carbocycles. The molecule has 25 rings (SSSR count). The van der Waals surface area contributed by atoms with E-state index in [2.05, 4.69) is 409 Å². The number of para-hydroxylation sites is 4. The Labute approximate surface area is 868 Å². The number of thiophene rings is 1. The predicted molar refractivity (Wildman–Crippen MR) is 566 cm³/mol. The molecule has 17 aromatic carbocycles. The summed E-state index contributed by atoms with van der Waals surface area (Å²) in [4.78, 5) is 18.4. The van der Waals surface area contributed by atoms with Crippen molar-refractivity contribution in [3.8, 4) is 107 Å². The van der Waals surface area contributed by atoms with Crippen molar-refractivity contribution in [2.45, 2.75) is 48.0 Å². The van der Waals surface area contributed by atoms with E-state index in [4.69, 9.17) is 9.97 Å². The van der Waals surface area contributed by atoms with Crippen LogP contribution in [0.2, 0.25) is 0 Å². The third-order valence-electron chi connectivity index (χ3n) is 25.1. The van der Waals surface area contributed by atoms with Gasteiger partial charge in [0.15, 0.2) is 0 Å². The molecule has 0 saturated heterocycles. The van der Waals surface area contributed by atoms with Crippen LogP contribution in [0.1, 0.15) is 43.0 Å². The van der Waals surface area contributed by atoms with Crippen molar-refractivity contribution in [3.63, 3.8) is 0 Å². The third kappa shape index (κ3) is 20.1. The van der Waals surface area contributed by atoms with Gasteiger partial charge in [-0.1, -0.05) is 274 Å². The number of aromatic nitrogens is 8. The van der Waals surface area contributed by atoms with Gasteiger partial charge in [0.2, 0.25) is 0 Å². The van der Waals surface area contributed by atoms with E-state index in [1.54, 1.807) is 0 Å². The van der Waals surface area contributed by atoms with E-state index in [-0.39, 0.29) is 85.8 Å². The number of hydrogen-bond donors (Lipinski definition) is 0. The average Bonchev–Trinajstić information content (AvgIpc) is 1.65. The van der Waals surface area contributed by atoms with Gasteiger partial charge in [0.1, 0.15) is 0 Å². The second-order valence-corrected chi connectivity index (χ2v) is 36.3. The molecule has 0 saturated carbocycles. The number of benzene rings is 17. The second kappa shape index (κ2) is 43.3. The quantitative estimate of drug-likeness (QED) is 0.0903. The first-order valence-corrected chi connectivity index (χ1v) is 46.6. The summed E-state index contributed by atoms with van der Waals surface area (Å²) in [7, 11) is 0. The largest absolute Gasteiger partial charge is 0.339 e. The van der Waals surface area contributed by atoms with Crippen molar-refractivity contribution >= 4 is 102 Å². The Hall–Kier alpha value is -14.1. The van der Waals surface area contributed by atoms with Gasteiger partial charge in [0, 0.05) is 187 Å². The Bertz CT molecular complexity index is 8160. The molecule has 0 fully saturated rings. The van der Waals surface area contributed by atoms with Gasteiger partial charge in [-0.05, 0) is 184 Å². The van der Waals surface area contributed by atoms with E-state index in [0.717, 1.165) is 90.6 Å². The van der Waals surface area contributed by atoms with E-state index in [9.17, 15) is 0 Å². The summed E-state index contributed by atoms with van der Waals surface area (Å²) in [5.74, 6) is 0.868. The smallest absolute Gasteiger partial charge is 0.0639 e. The van der Waals surface area contributed by atoms with Crippen molar-refractivity contribution in [1.29, 1.82) is 0 Å². The van der Waals surface area contributed by atoms with Gasteiger partial charge in [-0.15, -0.1) is 149 Å². The van der Waals surface area contributed by atoms with Gasteiger partial charge in [-0.3, -0.25) is 9.97 Å². The van der Waals surface area contributed by atoms with Crippen molar-refractivity contribution in [2.24, 2.45) is 5.41 Å². The summed E-state index contributed by atoms with van der Waals surface area (Å²) < 4.78 is 12.0. The van der Waals surface area contributed by atoms with Gasteiger partial charge in [-0.25, -0.2) is 0 Å². The molecule has 8 aromatic heterocycles. The molecule has 8 heterocycles. The molecule has 684 valence electrons. The first-order chi connectivity index (χ1) is 66.4. The summed E-state index contributed by atoms with van der Waals surface area (Å²) in [6, 6.07) is 160. The molecule has 8 nitrogen and oxygen atoms in total. The van der Waals surface area contributed by atoms with Crippen LogP contribution in [-0.2, 0) is 86.8 Å². The van der Waals surface area contributed by atoms with Crippen LogP contribution in [0.3, 0.4) is 0 Å². The van der Waals surface area contributed by atoms with E-state index < -0.39 is 0 Å². The fourth-order valence-electron chi connectivity index (χ4n) is 19.0. The molecule has 0 spiro atoms. The van der Waals surface area contributed by atoms with Crippen LogP contribution in [0.25, 0.3) is 198 Å². The fourth-order valence-corrected chi connectivity index (χ4v) is 20.0. The van der Waals surface area contributed by atoms with Crippen molar-refractivity contribution in [3.05, 3.63) is 496 Å². The first-order valence-electron chi connectivity index (χ1n) is 45.8. The third-order valence-corrected chi connectivity index (χ3v) is 26.2. The summed E-state index contributed by atoms with van der Waals surface area (Å²) in [5, 5.41) is 11.3. The summed E-state index contributed by atoms with van der Waals surface area (Å²) in [5.41, 5.74) is 32.7. The predicted octanol–water partition coefficient (Wildman–Crippen LogP) is 33.0. The molecule has 0 amide bonds. The van der Waals surface area contributed by atoms with Gasteiger partial charge in [0.25, 0.3) is 0 Å². The van der Waals surface area contributed by atoms with Crippen molar-refractivity contribution in [2.75, 3.05) is 0 Å². The maximum absolute atomic E-state index is 4.87. The minimum atomic E-state index is 0. The molecule has 0 unspecified atom stereocenters. The molecular weight excluding hydrogens is 2430 g/mol. The number of nitrogens with zero attached hydrogens (tertiary/aromatic N) is 8. The molecule has 139 heavy (non-hydrogen) atoms. The number of rotatable bonds is 12. The van der Waals surface area contributed by atoms with E-state index in [1.165, 1.54) is 136 Å². The van der Waals surface area contributed by atoms with Crippen LogP contribution < -0.4 is 0 Å². The Morgan fingerprint density at radius 3 is 1.28 bits per heavy atom. The zero-order valence-corrected chi connectivity index (χ0v) is 87.6. The number of hydrogen-bond acceptors (Lipinski definition) is 5. The molecule has 0 N–H and O–H groups in total. The van der Waals surface area contributed by atoms with Crippen LogP contribution in [0.5, 0.6) is 0 Å². The number of pyridine rings is 3. The molecule has 25 aromatic rings. The summed E-state index contributed by atoms with van der Waals surface area (Å²) in [6.07, 6.45) is 10.7. The standard InChI is InChI=1S/C36H22N2S.C33H23N2.C28H27N2.C17H12N.C12H10N.4Ir/c1-5-13-31-25(9-1)26-10-2-6-14-32(26)37(31)23-17-19-35-29(21-23)30-22-24(18-20-36(30)39-35)38-33-15-7-3-11-27(33)28-12-4-8-16-34(28)38;1-5-13-25(14-6-1)29-23-30(26-15-7-2-8-16-26)32(31(24-29)27-17-9-3-10-18-27)35-22-21-34-33(35)28-19-11-4-12-20-28;1-18-9-8-10-19(2)26(18)25-17-29-27-22-12-7-6-11-21(22)23-15-20(16-28(3,4)5)13-14-24(23)30(25)27;1-3-7-14(8-4-1)16-11-12-17(18-13-16)15-9-5-2-6-10-15;1-10-6-5-9-13-12(10)11-7-3-2-4-8-11;;;;/h1-22H;1-19,21-24H;6-11,13-15,17H,16H2,1-5H3;1-9,11-13H;2-7,9H,1H3;;;;/q;4*-1;;;;. The Kier molecular flexibility index (Phi) is 30.1. The summed E-state index contributed by atoms with van der Waals surface area (Å²) in [6.45, 7) is 13.3. The minimum absolute atomic E-state index is 0. The second-order valence-electron chi connectivity index (χ2n) is 35.3. The maximum atomic E-state index is 4.87. The monoisotopic (exact) mass is 2520 g/mol. The van der Waals surface area contributed by atoms with Crippen LogP contribution in [0.4, 0.5) is 0 Å². The Morgan fingerprint density at radius 2 is 0.784 bits per heavy atom. The van der Waals surface area contributed by atoms with Crippen LogP contribution in [0, 0.1) is 50.5 Å². The number of imidazole rings is 2. The van der Waals surface area contributed by atoms with Crippen molar-refractivity contribution in [1.82, 2.24) is 38.0 Å². The Balaban J connectivity index is 0.000000124. The zero-order valence-electron chi connectivity index (χ0n) is 77.3. The molecule has 4 radical (unpaired) electrons. The van der Waals surface area contributed by atoms with Crippen molar-refractivity contribution < 1.29 is 80.4 Å². The summed E-state index contributed by atoms with van der Waals surface area (Å²) >= 11 is 1.87. The SMILES string of the molecule is Cc1cccc(C)c1-c1cnc2c3[c-]cccc3c3cc(CC(C)(C)C)ccc3n12.Cc1cccnc1-c1[c-]cccc1.[Ir].[Ir].[Ir].[Ir].[c-]1ccccc1-c1ccc(-c2ccccc2)cn1.[c-]1ccccc1-c1nccn1-c1c(-c2ccccc2)cc(-c2ccccc2)cc1-c1ccccc1.c1ccc2c(c1)c1ccccc1n2-c1ccc2sc3ccc(-n4c5ccccc5c5ccccc54)cc3c2c1. The van der Waals surface area contributed by atoms with Gasteiger partial charge in [-0.2, -0.15) is 0 Å². The van der Waals surface area contributed by atoms with Gasteiger partial charge >= 0.3 is 0 Å². The molecular formula is C126H94Ir4N8S-4. The molecule has 13 heteroatoms. The zero-order chi connectivity index (χ0) is 91.3. The Morgan fingerprint density at radius 1 is 0.317 bits per heavy atom. The molecule has 0 bridgehead atoms. The van der Waals surface area contributed by atoms with Gasteiger partial charge in [0.05, 0.1) is 44.9 Å². The topological polar surface area (TPSA) is 70.8 Å². The average molecular weight is 2520 g/mol. The molecule has 0 aliphatic rings. The van der Waals surface area contributed by atoms with Crippen LogP contribution >= 0.6 is 11.3 Å². The number of fused-ring (bicyclic) bond motifs is 15. The number of aryl methyl sites for hydroxylation is 3.